The smallest absolute Gasteiger partial charge is 0.307 e. The molecule has 6 nitrogen and oxygen atoms in total. The van der Waals surface area contributed by atoms with Crippen molar-refractivity contribution in [3.63, 3.8) is 0 Å². The van der Waals surface area contributed by atoms with E-state index in [9.17, 15) is 4.79 Å². The number of carboxylic acid groups (broad SMARTS) is 1. The van der Waals surface area contributed by atoms with E-state index in [0.29, 0.717) is 28.6 Å². The molecular formula is C11H12O6. The molecule has 1 aliphatic heterocycles. The van der Waals surface area contributed by atoms with Crippen LogP contribution in [-0.2, 0) is 11.2 Å². The Morgan fingerprint density at radius 2 is 2.06 bits per heavy atom. The van der Waals surface area contributed by atoms with Gasteiger partial charge in [-0.1, -0.05) is 0 Å². The average molecular weight is 240 g/mol. The first-order chi connectivity index (χ1) is 8.17. The highest BCUT2D eigenvalue weighted by molar-refractivity contribution is 5.74. The Balaban J connectivity index is 2.55. The Hall–Kier alpha value is -2.11. The summed E-state index contributed by atoms with van der Waals surface area (Å²) in [7, 11) is 2.93. The van der Waals surface area contributed by atoms with Crippen LogP contribution in [0.3, 0.4) is 0 Å². The lowest BCUT2D eigenvalue weighted by Crippen LogP contribution is -2.03. The lowest BCUT2D eigenvalue weighted by molar-refractivity contribution is -0.136. The van der Waals surface area contributed by atoms with Gasteiger partial charge in [-0.2, -0.15) is 0 Å². The Labute approximate surface area is 97.7 Å². The first-order valence-electron chi connectivity index (χ1n) is 4.92. The van der Waals surface area contributed by atoms with E-state index >= 15 is 0 Å². The Morgan fingerprint density at radius 3 is 2.65 bits per heavy atom. The topological polar surface area (TPSA) is 74.2 Å². The number of ether oxygens (including phenoxy) is 4. The second-order valence-corrected chi connectivity index (χ2v) is 3.41. The fourth-order valence-electron chi connectivity index (χ4n) is 1.73. The van der Waals surface area contributed by atoms with Crippen LogP contribution in [0.25, 0.3) is 0 Å². The molecule has 0 atom stereocenters. The number of aliphatic carboxylic acids is 1. The van der Waals surface area contributed by atoms with Gasteiger partial charge >= 0.3 is 5.97 Å². The van der Waals surface area contributed by atoms with Crippen LogP contribution in [0, 0.1) is 0 Å². The molecule has 0 aromatic heterocycles. The molecule has 0 spiro atoms. The van der Waals surface area contributed by atoms with Gasteiger partial charge in [-0.15, -0.1) is 0 Å². The number of fused-ring (bicyclic) bond motifs is 1. The number of hydrogen-bond donors (Lipinski definition) is 1. The maximum atomic E-state index is 10.8. The van der Waals surface area contributed by atoms with E-state index in [1.807, 2.05) is 0 Å². The number of benzene rings is 1. The molecule has 0 saturated carbocycles. The number of carboxylic acids is 1. The molecule has 0 amide bonds. The van der Waals surface area contributed by atoms with Gasteiger partial charge in [-0.3, -0.25) is 4.79 Å². The van der Waals surface area contributed by atoms with Gasteiger partial charge in [0.15, 0.2) is 11.5 Å². The van der Waals surface area contributed by atoms with Crippen molar-refractivity contribution in [1.29, 1.82) is 0 Å². The zero-order chi connectivity index (χ0) is 12.4. The molecule has 1 N–H and O–H groups in total. The molecule has 1 heterocycles. The third-order valence-corrected chi connectivity index (χ3v) is 2.41. The minimum atomic E-state index is -0.954. The van der Waals surface area contributed by atoms with Gasteiger partial charge in [0, 0.05) is 5.56 Å². The average Bonchev–Trinajstić information content (AvgIpc) is 2.76. The molecule has 0 unspecified atom stereocenters. The van der Waals surface area contributed by atoms with Crippen LogP contribution in [0.15, 0.2) is 6.07 Å². The normalized spacial score (nSPS) is 12.4. The standard InChI is InChI=1S/C11H12O6/c1-14-7-3-6(4-8(12)13)9(15-2)11-10(7)16-5-17-11/h3H,4-5H2,1-2H3,(H,12,13). The molecule has 0 saturated heterocycles. The lowest BCUT2D eigenvalue weighted by Gasteiger charge is -2.12. The van der Waals surface area contributed by atoms with Crippen LogP contribution < -0.4 is 18.9 Å². The monoisotopic (exact) mass is 240 g/mol. The minimum absolute atomic E-state index is 0.0680. The quantitative estimate of drug-likeness (QED) is 0.848. The SMILES string of the molecule is COc1cc(CC(=O)O)c(OC)c2c1OCO2. The van der Waals surface area contributed by atoms with Crippen molar-refractivity contribution in [2.24, 2.45) is 0 Å². The van der Waals surface area contributed by atoms with Crippen molar-refractivity contribution in [2.45, 2.75) is 6.42 Å². The van der Waals surface area contributed by atoms with Crippen LogP contribution >= 0.6 is 0 Å². The van der Waals surface area contributed by atoms with Gasteiger partial charge in [-0.05, 0) is 6.07 Å². The van der Waals surface area contributed by atoms with Crippen molar-refractivity contribution in [3.8, 4) is 23.0 Å². The van der Waals surface area contributed by atoms with Gasteiger partial charge < -0.3 is 24.1 Å². The first-order valence-corrected chi connectivity index (χ1v) is 4.92. The zero-order valence-corrected chi connectivity index (χ0v) is 9.48. The Kier molecular flexibility index (Phi) is 2.95. The molecule has 1 aromatic rings. The molecule has 0 bridgehead atoms. The molecule has 92 valence electrons. The summed E-state index contributed by atoms with van der Waals surface area (Å²) in [4.78, 5) is 10.8. The predicted octanol–water partition coefficient (Wildman–Crippen LogP) is 1.06. The van der Waals surface area contributed by atoms with Gasteiger partial charge in [0.25, 0.3) is 0 Å². The molecule has 1 aliphatic rings. The molecule has 6 heteroatoms. The molecule has 0 radical (unpaired) electrons. The molecule has 0 aliphatic carbocycles. The molecule has 0 fully saturated rings. The zero-order valence-electron chi connectivity index (χ0n) is 9.48. The predicted molar refractivity (Wildman–Crippen MR) is 57.0 cm³/mol. The van der Waals surface area contributed by atoms with E-state index in [4.69, 9.17) is 24.1 Å². The van der Waals surface area contributed by atoms with Crippen LogP contribution in [-0.4, -0.2) is 32.1 Å². The van der Waals surface area contributed by atoms with Crippen LogP contribution in [0.2, 0.25) is 0 Å². The molecular weight excluding hydrogens is 228 g/mol. The first kappa shape index (κ1) is 11.4. The van der Waals surface area contributed by atoms with Crippen molar-refractivity contribution >= 4 is 5.97 Å². The summed E-state index contributed by atoms with van der Waals surface area (Å²) in [6.45, 7) is 0.0680. The molecule has 17 heavy (non-hydrogen) atoms. The lowest BCUT2D eigenvalue weighted by atomic mass is 10.1. The highest BCUT2D eigenvalue weighted by atomic mass is 16.7. The minimum Gasteiger partial charge on any atom is -0.493 e. The second kappa shape index (κ2) is 4.40. The number of rotatable bonds is 4. The van der Waals surface area contributed by atoms with Gasteiger partial charge in [-0.25, -0.2) is 0 Å². The summed E-state index contributed by atoms with van der Waals surface area (Å²) in [5, 5.41) is 8.83. The van der Waals surface area contributed by atoms with E-state index < -0.39 is 5.97 Å². The van der Waals surface area contributed by atoms with Crippen LogP contribution in [0.5, 0.6) is 23.0 Å². The van der Waals surface area contributed by atoms with Crippen molar-refractivity contribution in [1.82, 2.24) is 0 Å². The summed E-state index contributed by atoms with van der Waals surface area (Å²) >= 11 is 0. The van der Waals surface area contributed by atoms with E-state index in [2.05, 4.69) is 0 Å². The fourth-order valence-corrected chi connectivity index (χ4v) is 1.73. The maximum Gasteiger partial charge on any atom is 0.307 e. The van der Waals surface area contributed by atoms with E-state index in [0.717, 1.165) is 0 Å². The van der Waals surface area contributed by atoms with Crippen molar-refractivity contribution in [2.75, 3.05) is 21.0 Å². The fraction of sp³-hybridized carbons (Fsp3) is 0.364. The Bertz CT molecular complexity index is 454. The summed E-state index contributed by atoms with van der Waals surface area (Å²) in [6.07, 6.45) is -0.170. The summed E-state index contributed by atoms with van der Waals surface area (Å²) in [6, 6.07) is 1.58. The summed E-state index contributed by atoms with van der Waals surface area (Å²) < 4.78 is 20.8. The van der Waals surface area contributed by atoms with Gasteiger partial charge in [0.1, 0.15) is 0 Å². The van der Waals surface area contributed by atoms with Crippen molar-refractivity contribution < 1.29 is 28.8 Å². The number of hydrogen-bond acceptors (Lipinski definition) is 5. The van der Waals surface area contributed by atoms with E-state index in [1.54, 1.807) is 6.07 Å². The molecule has 1 aromatic carbocycles. The highest BCUT2D eigenvalue weighted by Gasteiger charge is 2.27. The van der Waals surface area contributed by atoms with Crippen molar-refractivity contribution in [3.05, 3.63) is 11.6 Å². The third-order valence-electron chi connectivity index (χ3n) is 2.41. The highest BCUT2D eigenvalue weighted by Crippen LogP contribution is 2.49. The number of carbonyl (C=O) groups is 1. The van der Waals surface area contributed by atoms with Crippen LogP contribution in [0.4, 0.5) is 0 Å². The second-order valence-electron chi connectivity index (χ2n) is 3.41. The van der Waals surface area contributed by atoms with Crippen LogP contribution in [0.1, 0.15) is 5.56 Å². The van der Waals surface area contributed by atoms with E-state index in [-0.39, 0.29) is 13.2 Å². The third kappa shape index (κ3) is 1.93. The summed E-state index contributed by atoms with van der Waals surface area (Å²) in [5.41, 5.74) is 0.487. The van der Waals surface area contributed by atoms with Gasteiger partial charge in [0.2, 0.25) is 18.3 Å². The number of methoxy groups -OCH3 is 2. The van der Waals surface area contributed by atoms with E-state index in [1.165, 1.54) is 14.2 Å². The van der Waals surface area contributed by atoms with Gasteiger partial charge in [0.05, 0.1) is 20.6 Å². The molecule has 2 rings (SSSR count). The largest absolute Gasteiger partial charge is 0.493 e. The Morgan fingerprint density at radius 1 is 1.35 bits per heavy atom. The maximum absolute atomic E-state index is 10.8. The summed E-state index contributed by atoms with van der Waals surface area (Å²) in [5.74, 6) is 0.695.